The first-order valence-electron chi connectivity index (χ1n) is 6.82. The monoisotopic (exact) mass is 327 g/mol. The second-order valence-corrected chi connectivity index (χ2v) is 6.09. The van der Waals surface area contributed by atoms with Crippen LogP contribution in [-0.2, 0) is 4.79 Å². The van der Waals surface area contributed by atoms with Gasteiger partial charge in [-0.25, -0.2) is 4.90 Å². The van der Waals surface area contributed by atoms with Gasteiger partial charge in [-0.05, 0) is 54.6 Å². The van der Waals surface area contributed by atoms with Crippen LogP contribution in [0.1, 0.15) is 11.1 Å². The summed E-state index contributed by atoms with van der Waals surface area (Å²) in [4.78, 5) is 26.0. The number of phenolic OH excluding ortho intramolecular Hbond substituents is 2. The number of amides is 2. The third kappa shape index (κ3) is 2.93. The zero-order chi connectivity index (χ0) is 16.6. The summed E-state index contributed by atoms with van der Waals surface area (Å²) in [6.45, 7) is 1.93. The molecule has 116 valence electrons. The Kier molecular flexibility index (Phi) is 3.83. The van der Waals surface area contributed by atoms with Gasteiger partial charge in [0.15, 0.2) is 11.5 Å². The fraction of sp³-hybridized carbons (Fsp3) is 0.0588. The molecule has 2 N–H and O–H groups in total. The van der Waals surface area contributed by atoms with E-state index in [0.717, 1.165) is 22.2 Å². The zero-order valence-corrected chi connectivity index (χ0v) is 13.0. The third-order valence-electron chi connectivity index (χ3n) is 3.38. The van der Waals surface area contributed by atoms with E-state index in [1.807, 2.05) is 19.1 Å². The maximum absolute atomic E-state index is 12.5. The van der Waals surface area contributed by atoms with Crippen LogP contribution in [0.25, 0.3) is 6.08 Å². The summed E-state index contributed by atoms with van der Waals surface area (Å²) in [6.07, 6.45) is 1.51. The van der Waals surface area contributed by atoms with Gasteiger partial charge in [-0.3, -0.25) is 9.59 Å². The van der Waals surface area contributed by atoms with E-state index in [0.29, 0.717) is 11.3 Å². The van der Waals surface area contributed by atoms with Gasteiger partial charge in [-0.1, -0.05) is 23.8 Å². The van der Waals surface area contributed by atoms with Gasteiger partial charge in [0.1, 0.15) is 0 Å². The highest BCUT2D eigenvalue weighted by molar-refractivity contribution is 8.19. The van der Waals surface area contributed by atoms with Crippen LogP contribution in [-0.4, -0.2) is 21.4 Å². The lowest BCUT2D eigenvalue weighted by molar-refractivity contribution is -0.113. The summed E-state index contributed by atoms with van der Waals surface area (Å²) in [6, 6.07) is 11.3. The lowest BCUT2D eigenvalue weighted by Gasteiger charge is -2.12. The topological polar surface area (TPSA) is 77.8 Å². The Morgan fingerprint density at radius 2 is 1.70 bits per heavy atom. The van der Waals surface area contributed by atoms with E-state index in [4.69, 9.17) is 0 Å². The molecule has 0 bridgehead atoms. The van der Waals surface area contributed by atoms with Crippen LogP contribution < -0.4 is 4.90 Å². The molecule has 0 saturated carbocycles. The molecule has 2 aromatic rings. The minimum Gasteiger partial charge on any atom is -0.504 e. The fourth-order valence-corrected chi connectivity index (χ4v) is 3.01. The standard InChI is InChI=1S/C17H13NO4S/c1-10-2-5-12(6-3-10)18-16(21)15(23-17(18)22)9-11-4-7-13(19)14(20)8-11/h2-9,19-20H,1H3/b15-9-. The predicted molar refractivity (Wildman–Crippen MR) is 89.4 cm³/mol. The van der Waals surface area contributed by atoms with Crippen LogP contribution in [0, 0.1) is 6.92 Å². The number of aryl methyl sites for hydroxylation is 1. The van der Waals surface area contributed by atoms with Gasteiger partial charge in [0, 0.05) is 0 Å². The summed E-state index contributed by atoms with van der Waals surface area (Å²) < 4.78 is 0. The normalized spacial score (nSPS) is 16.4. The first-order valence-corrected chi connectivity index (χ1v) is 7.64. The number of carbonyl (C=O) groups is 2. The molecule has 0 radical (unpaired) electrons. The lowest BCUT2D eigenvalue weighted by atomic mass is 10.2. The van der Waals surface area contributed by atoms with Gasteiger partial charge in [0.05, 0.1) is 10.6 Å². The molecule has 1 saturated heterocycles. The number of aromatic hydroxyl groups is 2. The minimum atomic E-state index is -0.406. The number of rotatable bonds is 2. The summed E-state index contributed by atoms with van der Waals surface area (Å²) in [5.41, 5.74) is 2.08. The molecule has 0 aliphatic carbocycles. The lowest BCUT2D eigenvalue weighted by Crippen LogP contribution is -2.27. The quantitative estimate of drug-likeness (QED) is 0.650. The van der Waals surface area contributed by atoms with E-state index in [1.54, 1.807) is 18.2 Å². The molecule has 1 fully saturated rings. The van der Waals surface area contributed by atoms with E-state index in [2.05, 4.69) is 0 Å². The van der Waals surface area contributed by atoms with Crippen LogP contribution in [0.4, 0.5) is 10.5 Å². The van der Waals surface area contributed by atoms with Gasteiger partial charge < -0.3 is 10.2 Å². The first-order chi connectivity index (χ1) is 11.0. The largest absolute Gasteiger partial charge is 0.504 e. The Labute approximate surface area is 136 Å². The number of thioether (sulfide) groups is 1. The molecule has 5 nitrogen and oxygen atoms in total. The molecule has 23 heavy (non-hydrogen) atoms. The molecule has 1 aliphatic heterocycles. The molecular formula is C17H13NO4S. The maximum Gasteiger partial charge on any atom is 0.298 e. The molecular weight excluding hydrogens is 314 g/mol. The average molecular weight is 327 g/mol. The van der Waals surface area contributed by atoms with E-state index >= 15 is 0 Å². The van der Waals surface area contributed by atoms with Crippen molar-refractivity contribution < 1.29 is 19.8 Å². The SMILES string of the molecule is Cc1ccc(N2C(=O)S/C(=C\c3ccc(O)c(O)c3)C2=O)cc1. The molecule has 0 unspecified atom stereocenters. The van der Waals surface area contributed by atoms with Crippen LogP contribution in [0.5, 0.6) is 11.5 Å². The number of carbonyl (C=O) groups excluding carboxylic acids is 2. The number of hydrogen-bond acceptors (Lipinski definition) is 5. The molecule has 6 heteroatoms. The summed E-state index contributed by atoms with van der Waals surface area (Å²) >= 11 is 0.840. The molecule has 0 atom stereocenters. The molecule has 0 spiro atoms. The maximum atomic E-state index is 12.5. The Balaban J connectivity index is 1.92. The van der Waals surface area contributed by atoms with Crippen molar-refractivity contribution in [3.63, 3.8) is 0 Å². The Morgan fingerprint density at radius 3 is 2.35 bits per heavy atom. The van der Waals surface area contributed by atoms with Crippen molar-refractivity contribution >= 4 is 34.7 Å². The molecule has 2 amide bonds. The molecule has 3 rings (SSSR count). The van der Waals surface area contributed by atoms with Crippen molar-refractivity contribution in [1.82, 2.24) is 0 Å². The molecule has 0 aromatic heterocycles. The van der Waals surface area contributed by atoms with E-state index in [9.17, 15) is 19.8 Å². The highest BCUT2D eigenvalue weighted by atomic mass is 32.2. The second kappa shape index (κ2) is 5.81. The van der Waals surface area contributed by atoms with Crippen molar-refractivity contribution in [2.75, 3.05) is 4.90 Å². The van der Waals surface area contributed by atoms with E-state index in [-0.39, 0.29) is 21.6 Å². The molecule has 2 aromatic carbocycles. The Hall–Kier alpha value is -2.73. The fourth-order valence-electron chi connectivity index (χ4n) is 2.17. The van der Waals surface area contributed by atoms with E-state index in [1.165, 1.54) is 18.2 Å². The number of benzene rings is 2. The number of phenols is 2. The minimum absolute atomic E-state index is 0.241. The number of imide groups is 1. The van der Waals surface area contributed by atoms with Gasteiger partial charge in [0.25, 0.3) is 11.1 Å². The van der Waals surface area contributed by atoms with Gasteiger partial charge in [-0.15, -0.1) is 0 Å². The van der Waals surface area contributed by atoms with Crippen molar-refractivity contribution in [2.24, 2.45) is 0 Å². The zero-order valence-electron chi connectivity index (χ0n) is 12.2. The van der Waals surface area contributed by atoms with Crippen molar-refractivity contribution in [1.29, 1.82) is 0 Å². The van der Waals surface area contributed by atoms with E-state index < -0.39 is 5.91 Å². The summed E-state index contributed by atoms with van der Waals surface area (Å²) in [7, 11) is 0. The van der Waals surface area contributed by atoms with Crippen molar-refractivity contribution in [3.05, 3.63) is 58.5 Å². The van der Waals surface area contributed by atoms with Crippen LogP contribution in [0.2, 0.25) is 0 Å². The van der Waals surface area contributed by atoms with Gasteiger partial charge in [-0.2, -0.15) is 0 Å². The molecule has 1 heterocycles. The third-order valence-corrected chi connectivity index (χ3v) is 4.25. The average Bonchev–Trinajstić information content (AvgIpc) is 2.79. The van der Waals surface area contributed by atoms with Crippen molar-refractivity contribution in [3.8, 4) is 11.5 Å². The van der Waals surface area contributed by atoms with Gasteiger partial charge >= 0.3 is 0 Å². The molecule has 1 aliphatic rings. The number of nitrogens with zero attached hydrogens (tertiary/aromatic N) is 1. The number of anilines is 1. The highest BCUT2D eigenvalue weighted by Crippen LogP contribution is 2.36. The number of hydrogen-bond donors (Lipinski definition) is 2. The van der Waals surface area contributed by atoms with Crippen molar-refractivity contribution in [2.45, 2.75) is 6.92 Å². The Bertz CT molecular complexity index is 827. The van der Waals surface area contributed by atoms with Crippen LogP contribution >= 0.6 is 11.8 Å². The summed E-state index contributed by atoms with van der Waals surface area (Å²) in [5, 5.41) is 18.4. The van der Waals surface area contributed by atoms with Gasteiger partial charge in [0.2, 0.25) is 0 Å². The highest BCUT2D eigenvalue weighted by Gasteiger charge is 2.36. The van der Waals surface area contributed by atoms with Crippen LogP contribution in [0.15, 0.2) is 47.4 Å². The Morgan fingerprint density at radius 1 is 1.00 bits per heavy atom. The second-order valence-electron chi connectivity index (χ2n) is 5.10. The first kappa shape index (κ1) is 15.2. The predicted octanol–water partition coefficient (Wildman–Crippen LogP) is 3.65. The smallest absolute Gasteiger partial charge is 0.298 e. The summed E-state index contributed by atoms with van der Waals surface area (Å²) in [5.74, 6) is -0.928. The van der Waals surface area contributed by atoms with Crippen LogP contribution in [0.3, 0.4) is 0 Å².